The summed E-state index contributed by atoms with van der Waals surface area (Å²) in [6, 6.07) is 21.2. The Balaban J connectivity index is 1.70. The molecule has 30 heavy (non-hydrogen) atoms. The molecule has 3 aromatic rings. The highest BCUT2D eigenvalue weighted by molar-refractivity contribution is 5.97. The Labute approximate surface area is 175 Å². The highest BCUT2D eigenvalue weighted by Crippen LogP contribution is 2.59. The molecule has 1 aliphatic carbocycles. The number of hydrogen-bond acceptors (Lipinski definition) is 3. The van der Waals surface area contributed by atoms with Gasteiger partial charge in [0, 0.05) is 17.5 Å². The fourth-order valence-corrected chi connectivity index (χ4v) is 4.31. The zero-order chi connectivity index (χ0) is 21.5. The van der Waals surface area contributed by atoms with Crippen molar-refractivity contribution in [1.82, 2.24) is 0 Å². The third-order valence-electron chi connectivity index (χ3n) is 6.03. The number of amides is 1. The van der Waals surface area contributed by atoms with Crippen molar-refractivity contribution < 1.29 is 9.72 Å². The second-order valence-electron chi connectivity index (χ2n) is 8.21. The Morgan fingerprint density at radius 1 is 0.967 bits per heavy atom. The van der Waals surface area contributed by atoms with E-state index >= 15 is 0 Å². The number of carbonyl (C=O) groups excluding carboxylic acids is 1. The Morgan fingerprint density at radius 2 is 1.57 bits per heavy atom. The van der Waals surface area contributed by atoms with Crippen LogP contribution < -0.4 is 5.32 Å². The Bertz CT molecular complexity index is 1110. The van der Waals surface area contributed by atoms with Crippen LogP contribution in [0.3, 0.4) is 0 Å². The topological polar surface area (TPSA) is 72.2 Å². The van der Waals surface area contributed by atoms with Gasteiger partial charge in [0.1, 0.15) is 0 Å². The fourth-order valence-electron chi connectivity index (χ4n) is 4.31. The van der Waals surface area contributed by atoms with Gasteiger partial charge in [0.15, 0.2) is 0 Å². The van der Waals surface area contributed by atoms with Gasteiger partial charge in [-0.25, -0.2) is 0 Å². The van der Waals surface area contributed by atoms with Crippen molar-refractivity contribution in [2.45, 2.75) is 32.6 Å². The Hall–Kier alpha value is -3.47. The number of nitrogens with zero attached hydrogens (tertiary/aromatic N) is 1. The van der Waals surface area contributed by atoms with Crippen LogP contribution >= 0.6 is 0 Å². The highest BCUT2D eigenvalue weighted by atomic mass is 16.6. The highest BCUT2D eigenvalue weighted by Gasteiger charge is 2.60. The molecule has 1 aliphatic rings. The molecule has 0 heterocycles. The van der Waals surface area contributed by atoms with E-state index in [1.807, 2.05) is 19.1 Å². The summed E-state index contributed by atoms with van der Waals surface area (Å²) in [6.45, 7) is 5.94. The molecule has 0 aliphatic heterocycles. The number of nitro groups is 1. The summed E-state index contributed by atoms with van der Waals surface area (Å²) in [6.07, 6.45) is 0.708. The molecule has 1 fully saturated rings. The summed E-state index contributed by atoms with van der Waals surface area (Å²) in [5.74, 6) is -0.346. The van der Waals surface area contributed by atoms with Gasteiger partial charge < -0.3 is 5.32 Å². The lowest BCUT2D eigenvalue weighted by atomic mass is 9.84. The van der Waals surface area contributed by atoms with Crippen molar-refractivity contribution in [2.75, 3.05) is 5.32 Å². The largest absolute Gasteiger partial charge is 0.325 e. The molecular formula is C25H24N2O3. The number of non-ortho nitro benzene ring substituents is 1. The third kappa shape index (κ3) is 3.47. The van der Waals surface area contributed by atoms with Crippen LogP contribution in [0.5, 0.6) is 0 Å². The van der Waals surface area contributed by atoms with E-state index in [-0.39, 0.29) is 22.9 Å². The van der Waals surface area contributed by atoms with Crippen LogP contribution in [0.4, 0.5) is 11.4 Å². The van der Waals surface area contributed by atoms with E-state index in [0.717, 1.165) is 27.8 Å². The molecular weight excluding hydrogens is 376 g/mol. The van der Waals surface area contributed by atoms with Crippen LogP contribution in [0, 0.1) is 36.8 Å². The number of benzene rings is 3. The molecule has 0 saturated heterocycles. The second kappa shape index (κ2) is 7.41. The quantitative estimate of drug-likeness (QED) is 0.456. The minimum Gasteiger partial charge on any atom is -0.325 e. The fraction of sp³-hybridized carbons (Fsp3) is 0.240. The first-order valence-electron chi connectivity index (χ1n) is 10.0. The number of nitro benzene ring substituents is 1. The van der Waals surface area contributed by atoms with Gasteiger partial charge in [-0.2, -0.15) is 0 Å². The molecule has 0 unspecified atom stereocenters. The Morgan fingerprint density at radius 3 is 2.10 bits per heavy atom. The Kier molecular flexibility index (Phi) is 4.90. The van der Waals surface area contributed by atoms with E-state index in [1.54, 1.807) is 6.07 Å². The molecule has 1 saturated carbocycles. The first-order valence-corrected chi connectivity index (χ1v) is 10.0. The first kappa shape index (κ1) is 19.8. The maximum atomic E-state index is 13.3. The van der Waals surface area contributed by atoms with Gasteiger partial charge in [-0.15, -0.1) is 0 Å². The third-order valence-corrected chi connectivity index (χ3v) is 6.03. The summed E-state index contributed by atoms with van der Waals surface area (Å²) in [7, 11) is 0. The van der Waals surface area contributed by atoms with Crippen LogP contribution in [-0.4, -0.2) is 10.8 Å². The van der Waals surface area contributed by atoms with Crippen LogP contribution in [-0.2, 0) is 10.2 Å². The number of anilines is 1. The average molecular weight is 400 g/mol. The lowest BCUT2D eigenvalue weighted by Gasteiger charge is -2.20. The maximum absolute atomic E-state index is 13.3. The molecule has 0 bridgehead atoms. The normalized spacial score (nSPS) is 16.7. The average Bonchev–Trinajstić information content (AvgIpc) is 3.47. The number of hydrogen-bond donors (Lipinski definition) is 1. The zero-order valence-corrected chi connectivity index (χ0v) is 17.3. The van der Waals surface area contributed by atoms with Gasteiger partial charge in [-0.1, -0.05) is 65.7 Å². The van der Waals surface area contributed by atoms with E-state index in [4.69, 9.17) is 0 Å². The van der Waals surface area contributed by atoms with Crippen LogP contribution in [0.2, 0.25) is 0 Å². The van der Waals surface area contributed by atoms with E-state index in [2.05, 4.69) is 55.6 Å². The van der Waals surface area contributed by atoms with Gasteiger partial charge in [-0.05, 0) is 43.9 Å². The summed E-state index contributed by atoms with van der Waals surface area (Å²) in [4.78, 5) is 23.9. The molecule has 1 atom stereocenters. The van der Waals surface area contributed by atoms with Gasteiger partial charge in [0.25, 0.3) is 5.69 Å². The minimum absolute atomic E-state index is 0.0321. The van der Waals surface area contributed by atoms with Crippen molar-refractivity contribution in [2.24, 2.45) is 5.92 Å². The van der Waals surface area contributed by atoms with Crippen LogP contribution in [0.1, 0.15) is 34.2 Å². The maximum Gasteiger partial charge on any atom is 0.271 e. The number of aryl methyl sites for hydroxylation is 3. The van der Waals surface area contributed by atoms with Crippen LogP contribution in [0.25, 0.3) is 0 Å². The zero-order valence-electron chi connectivity index (χ0n) is 17.3. The number of carbonyl (C=O) groups is 1. The second-order valence-corrected chi connectivity index (χ2v) is 8.21. The van der Waals surface area contributed by atoms with E-state index in [0.29, 0.717) is 12.1 Å². The first-order chi connectivity index (χ1) is 14.3. The molecule has 152 valence electrons. The van der Waals surface area contributed by atoms with E-state index in [9.17, 15) is 14.9 Å². The van der Waals surface area contributed by atoms with E-state index < -0.39 is 4.92 Å². The summed E-state index contributed by atoms with van der Waals surface area (Å²) in [5, 5.41) is 14.1. The number of nitrogens with one attached hydrogen (secondary N) is 1. The number of rotatable bonds is 5. The van der Waals surface area contributed by atoms with Gasteiger partial charge >= 0.3 is 0 Å². The summed E-state index contributed by atoms with van der Waals surface area (Å²) >= 11 is 0. The summed E-state index contributed by atoms with van der Waals surface area (Å²) in [5.41, 5.74) is 5.44. The smallest absolute Gasteiger partial charge is 0.271 e. The van der Waals surface area contributed by atoms with Gasteiger partial charge in [-0.3, -0.25) is 14.9 Å². The van der Waals surface area contributed by atoms with Gasteiger partial charge in [0.2, 0.25) is 5.91 Å². The van der Waals surface area contributed by atoms with Crippen molar-refractivity contribution in [3.05, 3.63) is 105 Å². The molecule has 1 N–H and O–H groups in total. The van der Waals surface area contributed by atoms with Crippen molar-refractivity contribution in [3.63, 3.8) is 0 Å². The molecule has 3 aromatic carbocycles. The molecule has 1 amide bonds. The van der Waals surface area contributed by atoms with Crippen molar-refractivity contribution in [3.8, 4) is 0 Å². The van der Waals surface area contributed by atoms with Crippen molar-refractivity contribution >= 4 is 17.3 Å². The minimum atomic E-state index is -0.448. The molecule has 0 aromatic heterocycles. The molecule has 0 radical (unpaired) electrons. The lowest BCUT2D eigenvalue weighted by molar-refractivity contribution is -0.384. The standard InChI is InChI=1S/C25H24N2O3/c1-16-6-4-8-19(12-16)25(20-9-5-7-17(2)13-20)15-22(25)24(28)26-23-14-21(27(29)30)11-10-18(23)3/h4-14,22H,15H2,1-3H3,(H,26,28)/t22-/m0/s1. The van der Waals surface area contributed by atoms with Crippen molar-refractivity contribution in [1.29, 1.82) is 0 Å². The lowest BCUT2D eigenvalue weighted by Crippen LogP contribution is -2.23. The molecule has 0 spiro atoms. The predicted octanol–water partition coefficient (Wildman–Crippen LogP) is 5.46. The van der Waals surface area contributed by atoms with Crippen LogP contribution in [0.15, 0.2) is 66.7 Å². The molecule has 5 heteroatoms. The monoisotopic (exact) mass is 400 g/mol. The summed E-state index contributed by atoms with van der Waals surface area (Å²) < 4.78 is 0. The molecule has 5 nitrogen and oxygen atoms in total. The molecule has 4 rings (SSSR count). The van der Waals surface area contributed by atoms with Gasteiger partial charge in [0.05, 0.1) is 16.5 Å². The predicted molar refractivity (Wildman–Crippen MR) is 118 cm³/mol. The SMILES string of the molecule is Cc1cccc(C2(c3cccc(C)c3)C[C@H]2C(=O)Nc2cc([N+](=O)[O-])ccc2C)c1. The van der Waals surface area contributed by atoms with E-state index in [1.165, 1.54) is 12.1 Å².